The van der Waals surface area contributed by atoms with Crippen molar-refractivity contribution in [2.45, 2.75) is 0 Å². The molecule has 2 N–H and O–H groups in total. The number of carbonyl (C=O) groups is 1. The molecule has 0 bridgehead atoms. The maximum absolute atomic E-state index is 11.5. The molecule has 5 heteroatoms. The normalized spacial score (nSPS) is 13.7. The quantitative estimate of drug-likeness (QED) is 0.773. The number of Topliss-reactive ketones (excluding diaryl/α,β-unsaturated/α-hetero) is 1. The van der Waals surface area contributed by atoms with E-state index in [1.165, 1.54) is 0 Å². The van der Waals surface area contributed by atoms with Gasteiger partial charge >= 0.3 is 0 Å². The Kier molecular flexibility index (Phi) is 2.79. The number of carbonyl (C=O) groups excluding carboxylic acids is 1. The smallest absolute Gasteiger partial charge is 0.180 e. The Morgan fingerprint density at radius 3 is 2.67 bits per heavy atom. The monoisotopic (exact) mass is 227 g/mol. The third kappa shape index (κ3) is 1.78. The average molecular weight is 228 g/mol. The Morgan fingerprint density at radius 1 is 1.33 bits per heavy atom. The van der Waals surface area contributed by atoms with Crippen LogP contribution in [-0.2, 0) is 0 Å². The maximum atomic E-state index is 11.5. The van der Waals surface area contributed by atoms with E-state index in [0.717, 1.165) is 0 Å². The van der Waals surface area contributed by atoms with Crippen LogP contribution in [0, 0.1) is 0 Å². The molecule has 1 aliphatic rings. The van der Waals surface area contributed by atoms with Gasteiger partial charge in [0.15, 0.2) is 17.3 Å². The van der Waals surface area contributed by atoms with Crippen molar-refractivity contribution in [2.75, 3.05) is 19.8 Å². The summed E-state index contributed by atoms with van der Waals surface area (Å²) >= 11 is 5.91. The molecule has 0 saturated carbocycles. The summed E-state index contributed by atoms with van der Waals surface area (Å²) in [6, 6.07) is 3.21. The molecule has 0 spiro atoms. The Hall–Kier alpha value is -1.26. The minimum absolute atomic E-state index is 0.0581. The van der Waals surface area contributed by atoms with E-state index in [4.69, 9.17) is 26.8 Å². The molecule has 4 nitrogen and oxygen atoms in total. The molecule has 0 aliphatic carbocycles. The molecule has 0 unspecified atom stereocenters. The first-order valence-electron chi connectivity index (χ1n) is 4.55. The SMILES string of the molecule is NCC(=O)c1ccc(Cl)c2c1OCCO2. The molecule has 0 aromatic heterocycles. The molecular formula is C10H10ClNO3. The number of benzene rings is 1. The summed E-state index contributed by atoms with van der Waals surface area (Å²) in [7, 11) is 0. The molecule has 0 radical (unpaired) electrons. The second-order valence-corrected chi connectivity index (χ2v) is 3.48. The molecule has 1 aromatic carbocycles. The number of rotatable bonds is 2. The van der Waals surface area contributed by atoms with Gasteiger partial charge in [-0.25, -0.2) is 0 Å². The van der Waals surface area contributed by atoms with Crippen LogP contribution in [0.25, 0.3) is 0 Å². The van der Waals surface area contributed by atoms with Gasteiger partial charge in [-0.3, -0.25) is 4.79 Å². The minimum atomic E-state index is -0.187. The standard InChI is InChI=1S/C10H10ClNO3/c11-7-2-1-6(8(13)5-12)9-10(7)15-4-3-14-9/h1-2H,3-5,12H2. The van der Waals surface area contributed by atoms with Gasteiger partial charge in [0.05, 0.1) is 17.1 Å². The van der Waals surface area contributed by atoms with E-state index in [1.54, 1.807) is 12.1 Å². The summed E-state index contributed by atoms with van der Waals surface area (Å²) in [4.78, 5) is 11.5. The van der Waals surface area contributed by atoms with Crippen molar-refractivity contribution in [1.29, 1.82) is 0 Å². The molecule has 2 rings (SSSR count). The summed E-state index contributed by atoms with van der Waals surface area (Å²) in [6.45, 7) is 0.794. The topological polar surface area (TPSA) is 61.6 Å². The Balaban J connectivity index is 2.52. The Labute approximate surface area is 91.9 Å². The predicted molar refractivity (Wildman–Crippen MR) is 55.8 cm³/mol. The second kappa shape index (κ2) is 4.08. The highest BCUT2D eigenvalue weighted by molar-refractivity contribution is 6.32. The number of hydrogen-bond donors (Lipinski definition) is 1. The van der Waals surface area contributed by atoms with Crippen molar-refractivity contribution < 1.29 is 14.3 Å². The van der Waals surface area contributed by atoms with Crippen LogP contribution in [0.2, 0.25) is 5.02 Å². The van der Waals surface area contributed by atoms with E-state index in [2.05, 4.69) is 0 Å². The van der Waals surface area contributed by atoms with E-state index in [0.29, 0.717) is 35.3 Å². The molecule has 0 atom stereocenters. The van der Waals surface area contributed by atoms with Crippen molar-refractivity contribution in [3.8, 4) is 11.5 Å². The zero-order valence-electron chi connectivity index (χ0n) is 7.96. The summed E-state index contributed by atoms with van der Waals surface area (Å²) in [5, 5.41) is 0.443. The van der Waals surface area contributed by atoms with E-state index in [-0.39, 0.29) is 12.3 Å². The number of fused-ring (bicyclic) bond motifs is 1. The van der Waals surface area contributed by atoms with Gasteiger partial charge < -0.3 is 15.2 Å². The maximum Gasteiger partial charge on any atom is 0.180 e. The average Bonchev–Trinajstić information content (AvgIpc) is 2.29. The van der Waals surface area contributed by atoms with Gasteiger partial charge in [0.2, 0.25) is 0 Å². The van der Waals surface area contributed by atoms with Gasteiger partial charge in [0.25, 0.3) is 0 Å². The lowest BCUT2D eigenvalue weighted by atomic mass is 10.1. The first-order valence-corrected chi connectivity index (χ1v) is 4.93. The van der Waals surface area contributed by atoms with Crippen LogP contribution in [0.5, 0.6) is 11.5 Å². The minimum Gasteiger partial charge on any atom is -0.485 e. The van der Waals surface area contributed by atoms with E-state index in [9.17, 15) is 4.79 Å². The number of hydrogen-bond acceptors (Lipinski definition) is 4. The van der Waals surface area contributed by atoms with Crippen LogP contribution in [-0.4, -0.2) is 25.5 Å². The molecule has 80 valence electrons. The van der Waals surface area contributed by atoms with Crippen molar-refractivity contribution in [1.82, 2.24) is 0 Å². The number of nitrogens with two attached hydrogens (primary N) is 1. The molecule has 15 heavy (non-hydrogen) atoms. The lowest BCUT2D eigenvalue weighted by Gasteiger charge is -2.21. The van der Waals surface area contributed by atoms with Gasteiger partial charge in [-0.1, -0.05) is 11.6 Å². The first-order chi connectivity index (χ1) is 7.24. The van der Waals surface area contributed by atoms with Crippen molar-refractivity contribution in [3.05, 3.63) is 22.7 Å². The lowest BCUT2D eigenvalue weighted by molar-refractivity contribution is 0.0990. The van der Waals surface area contributed by atoms with Crippen molar-refractivity contribution >= 4 is 17.4 Å². The van der Waals surface area contributed by atoms with Gasteiger partial charge in [-0.15, -0.1) is 0 Å². The summed E-state index contributed by atoms with van der Waals surface area (Å²) in [6.07, 6.45) is 0. The highest BCUT2D eigenvalue weighted by Crippen LogP contribution is 2.39. The highest BCUT2D eigenvalue weighted by atomic mass is 35.5. The summed E-state index contributed by atoms with van der Waals surface area (Å²) in [5.41, 5.74) is 5.72. The lowest BCUT2D eigenvalue weighted by Crippen LogP contribution is -2.20. The van der Waals surface area contributed by atoms with Crippen LogP contribution in [0.1, 0.15) is 10.4 Å². The van der Waals surface area contributed by atoms with Gasteiger partial charge in [0, 0.05) is 0 Å². The van der Waals surface area contributed by atoms with Crippen LogP contribution >= 0.6 is 11.6 Å². The molecule has 0 amide bonds. The zero-order valence-corrected chi connectivity index (χ0v) is 8.71. The van der Waals surface area contributed by atoms with E-state index in [1.807, 2.05) is 0 Å². The summed E-state index contributed by atoms with van der Waals surface area (Å²) in [5.74, 6) is 0.653. The third-order valence-electron chi connectivity index (χ3n) is 2.13. The van der Waals surface area contributed by atoms with Gasteiger partial charge in [-0.2, -0.15) is 0 Å². The Morgan fingerprint density at radius 2 is 2.00 bits per heavy atom. The van der Waals surface area contributed by atoms with Gasteiger partial charge in [-0.05, 0) is 12.1 Å². The molecule has 1 aliphatic heterocycles. The second-order valence-electron chi connectivity index (χ2n) is 3.08. The fourth-order valence-corrected chi connectivity index (χ4v) is 1.64. The van der Waals surface area contributed by atoms with Crippen LogP contribution < -0.4 is 15.2 Å². The van der Waals surface area contributed by atoms with Crippen LogP contribution in [0.4, 0.5) is 0 Å². The fraction of sp³-hybridized carbons (Fsp3) is 0.300. The number of halogens is 1. The first kappa shape index (κ1) is 10.3. The van der Waals surface area contributed by atoms with Crippen molar-refractivity contribution in [2.24, 2.45) is 5.73 Å². The van der Waals surface area contributed by atoms with Crippen molar-refractivity contribution in [3.63, 3.8) is 0 Å². The largest absolute Gasteiger partial charge is 0.485 e. The van der Waals surface area contributed by atoms with Gasteiger partial charge in [0.1, 0.15) is 13.2 Å². The molecular weight excluding hydrogens is 218 g/mol. The number of ether oxygens (including phenoxy) is 2. The molecule has 1 aromatic rings. The van der Waals surface area contributed by atoms with Crippen LogP contribution in [0.15, 0.2) is 12.1 Å². The molecule has 1 heterocycles. The molecule has 0 fully saturated rings. The third-order valence-corrected chi connectivity index (χ3v) is 2.42. The zero-order chi connectivity index (χ0) is 10.8. The summed E-state index contributed by atoms with van der Waals surface area (Å²) < 4.78 is 10.7. The highest BCUT2D eigenvalue weighted by Gasteiger charge is 2.22. The van der Waals surface area contributed by atoms with E-state index >= 15 is 0 Å². The number of ketones is 1. The molecule has 0 saturated heterocycles. The Bertz CT molecular complexity index is 406. The predicted octanol–water partition coefficient (Wildman–Crippen LogP) is 1.25. The fourth-order valence-electron chi connectivity index (χ4n) is 1.43. The van der Waals surface area contributed by atoms with Crippen LogP contribution in [0.3, 0.4) is 0 Å². The van der Waals surface area contributed by atoms with E-state index < -0.39 is 0 Å².